The maximum Gasteiger partial charge on any atom is 0.340 e. The average Bonchev–Trinajstić information content (AvgIpc) is 2.88. The highest BCUT2D eigenvalue weighted by Gasteiger charge is 2.26. The summed E-state index contributed by atoms with van der Waals surface area (Å²) in [6.45, 7) is 15.2. The molecule has 206 valence electrons. The number of esters is 1. The number of rotatable bonds is 9. The lowest BCUT2D eigenvalue weighted by atomic mass is 9.78. The van der Waals surface area contributed by atoms with Gasteiger partial charge in [-0.3, -0.25) is 4.98 Å². The molecule has 0 aliphatic carbocycles. The number of unbranched alkanes of at least 4 members (excludes halogenated alkanes) is 1. The lowest BCUT2D eigenvalue weighted by molar-refractivity contribution is 0.0527. The summed E-state index contributed by atoms with van der Waals surface area (Å²) in [5, 5.41) is 20.7. The van der Waals surface area contributed by atoms with Gasteiger partial charge in [-0.25, -0.2) is 4.79 Å². The number of phenols is 1. The summed E-state index contributed by atoms with van der Waals surface area (Å²) >= 11 is 0. The van der Waals surface area contributed by atoms with Crippen LogP contribution in [0.5, 0.6) is 11.5 Å². The van der Waals surface area contributed by atoms with Crippen LogP contribution < -0.4 is 4.74 Å². The zero-order valence-corrected chi connectivity index (χ0v) is 24.2. The molecule has 0 amide bonds. The maximum atomic E-state index is 12.4. The monoisotopic (exact) mass is 528 g/mol. The van der Waals surface area contributed by atoms with Crippen molar-refractivity contribution >= 4 is 5.97 Å². The van der Waals surface area contributed by atoms with Gasteiger partial charge < -0.3 is 14.6 Å². The molecule has 0 fully saturated rings. The summed E-state index contributed by atoms with van der Waals surface area (Å²) in [4.78, 5) is 16.7. The first-order chi connectivity index (χ1) is 18.4. The van der Waals surface area contributed by atoms with E-state index < -0.39 is 5.97 Å². The molecule has 39 heavy (non-hydrogen) atoms. The topological polar surface area (TPSA) is 92.4 Å². The molecule has 1 aromatic heterocycles. The minimum Gasteiger partial charge on any atom is -0.507 e. The predicted octanol–water partition coefficient (Wildman–Crippen LogP) is 7.50. The highest BCUT2D eigenvalue weighted by Crippen LogP contribution is 2.40. The van der Waals surface area contributed by atoms with Crippen molar-refractivity contribution in [1.29, 1.82) is 5.26 Å². The fraction of sp³-hybridized carbons (Fsp3) is 0.424. The Kier molecular flexibility index (Phi) is 9.40. The van der Waals surface area contributed by atoms with Gasteiger partial charge in [0.2, 0.25) is 0 Å². The third-order valence-corrected chi connectivity index (χ3v) is 6.58. The van der Waals surface area contributed by atoms with Crippen LogP contribution in [0.25, 0.3) is 11.3 Å². The lowest BCUT2D eigenvalue weighted by Crippen LogP contribution is -2.18. The second-order valence-electron chi connectivity index (χ2n) is 11.8. The molecule has 1 heterocycles. The number of hydrogen-bond donors (Lipinski definition) is 1. The number of hydrogen-bond acceptors (Lipinski definition) is 6. The minimum atomic E-state index is -0.447. The standard InChI is InChI=1S/C33H40N2O4/c1-8-38-31(37)25-13-11-16-35-29(25)23-14-15-28(24(20-23)21-34)39-17-10-9-12-22-18-26(32(2,3)4)30(36)27(19-22)33(5,6)7/h11,13-16,18-20,36H,8-10,12,17H2,1-7H3. The van der Waals surface area contributed by atoms with Crippen molar-refractivity contribution in [3.05, 3.63) is 76.5 Å². The van der Waals surface area contributed by atoms with E-state index in [4.69, 9.17) is 9.47 Å². The molecule has 0 aliphatic rings. The smallest absolute Gasteiger partial charge is 0.340 e. The van der Waals surface area contributed by atoms with E-state index >= 15 is 0 Å². The van der Waals surface area contributed by atoms with E-state index in [1.165, 1.54) is 5.56 Å². The van der Waals surface area contributed by atoms with Crippen LogP contribution in [0.2, 0.25) is 0 Å². The maximum absolute atomic E-state index is 12.4. The average molecular weight is 529 g/mol. The fourth-order valence-electron chi connectivity index (χ4n) is 4.49. The van der Waals surface area contributed by atoms with Crippen LogP contribution in [0.15, 0.2) is 48.7 Å². The van der Waals surface area contributed by atoms with E-state index in [1.54, 1.807) is 43.5 Å². The Hall–Kier alpha value is -3.85. The molecule has 0 spiro atoms. The molecule has 6 nitrogen and oxygen atoms in total. The van der Waals surface area contributed by atoms with Gasteiger partial charge in [-0.2, -0.15) is 5.26 Å². The Morgan fingerprint density at radius 3 is 2.26 bits per heavy atom. The summed E-state index contributed by atoms with van der Waals surface area (Å²) in [7, 11) is 0. The zero-order valence-electron chi connectivity index (χ0n) is 24.2. The second kappa shape index (κ2) is 12.3. The molecular weight excluding hydrogens is 488 g/mol. The Bertz CT molecular complexity index is 1320. The van der Waals surface area contributed by atoms with Gasteiger partial charge in [-0.05, 0) is 84.0 Å². The van der Waals surface area contributed by atoms with E-state index in [0.717, 1.165) is 30.4 Å². The van der Waals surface area contributed by atoms with Crippen LogP contribution in [-0.2, 0) is 22.0 Å². The van der Waals surface area contributed by atoms with Crippen molar-refractivity contribution in [2.45, 2.75) is 78.6 Å². The third kappa shape index (κ3) is 7.38. The number of aromatic hydroxyl groups is 1. The number of nitrogens with zero attached hydrogens (tertiary/aromatic N) is 2. The lowest BCUT2D eigenvalue weighted by Gasteiger charge is -2.28. The minimum absolute atomic E-state index is 0.157. The van der Waals surface area contributed by atoms with Crippen molar-refractivity contribution in [3.8, 4) is 28.8 Å². The van der Waals surface area contributed by atoms with E-state index in [2.05, 4.69) is 64.7 Å². The molecule has 2 aromatic carbocycles. The number of ether oxygens (including phenoxy) is 2. The van der Waals surface area contributed by atoms with Gasteiger partial charge in [0.1, 0.15) is 17.6 Å². The SMILES string of the molecule is CCOC(=O)c1cccnc1-c1ccc(OCCCCc2cc(C(C)(C)C)c(O)c(C(C)(C)C)c2)c(C#N)c1. The number of carbonyl (C=O) groups is 1. The molecule has 0 saturated carbocycles. The number of benzene rings is 2. The summed E-state index contributed by atoms with van der Waals surface area (Å²) < 4.78 is 11.1. The summed E-state index contributed by atoms with van der Waals surface area (Å²) in [6.07, 6.45) is 4.21. The molecule has 3 aromatic rings. The summed E-state index contributed by atoms with van der Waals surface area (Å²) in [6, 6.07) is 15.1. The first-order valence-corrected chi connectivity index (χ1v) is 13.5. The van der Waals surface area contributed by atoms with Gasteiger partial charge in [0, 0.05) is 11.8 Å². The van der Waals surface area contributed by atoms with Crippen LogP contribution in [0.1, 0.15) is 93.9 Å². The van der Waals surface area contributed by atoms with Crippen molar-refractivity contribution in [1.82, 2.24) is 4.98 Å². The van der Waals surface area contributed by atoms with Gasteiger partial charge in [0.25, 0.3) is 0 Å². The van der Waals surface area contributed by atoms with E-state index in [-0.39, 0.29) is 17.4 Å². The Balaban J connectivity index is 1.68. The number of aryl methyl sites for hydroxylation is 1. The van der Waals surface area contributed by atoms with Crippen LogP contribution in [-0.4, -0.2) is 29.3 Å². The predicted molar refractivity (Wildman–Crippen MR) is 154 cm³/mol. The van der Waals surface area contributed by atoms with Crippen LogP contribution in [0.4, 0.5) is 0 Å². The quantitative estimate of drug-likeness (QED) is 0.228. The van der Waals surface area contributed by atoms with E-state index in [1.807, 2.05) is 0 Å². The first-order valence-electron chi connectivity index (χ1n) is 13.5. The number of nitriles is 1. The molecule has 0 bridgehead atoms. The Morgan fingerprint density at radius 2 is 1.67 bits per heavy atom. The molecule has 0 atom stereocenters. The van der Waals surface area contributed by atoms with Crippen LogP contribution in [0, 0.1) is 11.3 Å². The molecule has 1 N–H and O–H groups in total. The molecular formula is C33H40N2O4. The van der Waals surface area contributed by atoms with Crippen molar-refractivity contribution in [2.24, 2.45) is 0 Å². The molecule has 0 unspecified atom stereocenters. The normalized spacial score (nSPS) is 11.6. The fourth-order valence-corrected chi connectivity index (χ4v) is 4.49. The number of pyridine rings is 1. The second-order valence-corrected chi connectivity index (χ2v) is 11.8. The van der Waals surface area contributed by atoms with Crippen LogP contribution in [0.3, 0.4) is 0 Å². The highest BCUT2D eigenvalue weighted by atomic mass is 16.5. The Morgan fingerprint density at radius 1 is 1.00 bits per heavy atom. The Labute approximate surface area is 232 Å². The van der Waals surface area contributed by atoms with Crippen molar-refractivity contribution < 1.29 is 19.4 Å². The number of aromatic nitrogens is 1. The molecule has 0 radical (unpaired) electrons. The summed E-state index contributed by atoms with van der Waals surface area (Å²) in [5.74, 6) is 0.455. The van der Waals surface area contributed by atoms with E-state index in [9.17, 15) is 15.2 Å². The number of phenolic OH excluding ortho intramolecular Hbond substituents is 1. The molecule has 6 heteroatoms. The highest BCUT2D eigenvalue weighted by molar-refractivity contribution is 5.96. The van der Waals surface area contributed by atoms with Gasteiger partial charge >= 0.3 is 5.97 Å². The van der Waals surface area contributed by atoms with Crippen LogP contribution >= 0.6 is 0 Å². The van der Waals surface area contributed by atoms with Gasteiger partial charge in [-0.1, -0.05) is 53.7 Å². The molecule has 0 saturated heterocycles. The largest absolute Gasteiger partial charge is 0.507 e. The van der Waals surface area contributed by atoms with Gasteiger partial charge in [-0.15, -0.1) is 0 Å². The molecule has 0 aliphatic heterocycles. The number of carbonyl (C=O) groups excluding carboxylic acids is 1. The zero-order chi connectivity index (χ0) is 28.8. The third-order valence-electron chi connectivity index (χ3n) is 6.58. The van der Waals surface area contributed by atoms with Crippen molar-refractivity contribution in [2.75, 3.05) is 13.2 Å². The molecule has 3 rings (SSSR count). The summed E-state index contributed by atoms with van der Waals surface area (Å²) in [5.41, 5.74) is 4.70. The first kappa shape index (κ1) is 29.7. The van der Waals surface area contributed by atoms with E-state index in [0.29, 0.717) is 40.5 Å². The van der Waals surface area contributed by atoms with Crippen molar-refractivity contribution in [3.63, 3.8) is 0 Å². The van der Waals surface area contributed by atoms with Gasteiger partial charge in [0.05, 0.1) is 30.0 Å². The van der Waals surface area contributed by atoms with Gasteiger partial charge in [0.15, 0.2) is 0 Å².